The van der Waals surface area contributed by atoms with Gasteiger partial charge in [-0.25, -0.2) is 0 Å². The topological polar surface area (TPSA) is 46.3 Å². The Balaban J connectivity index is 3.22. The second-order valence-electron chi connectivity index (χ2n) is 3.73. The van der Waals surface area contributed by atoms with Crippen molar-refractivity contribution in [2.75, 3.05) is 25.5 Å². The van der Waals surface area contributed by atoms with Crippen LogP contribution in [0.3, 0.4) is 0 Å². The van der Waals surface area contributed by atoms with E-state index in [0.717, 1.165) is 23.2 Å². The quantitative estimate of drug-likeness (QED) is 0.759. The van der Waals surface area contributed by atoms with Gasteiger partial charge in [0.2, 0.25) is 0 Å². The van der Waals surface area contributed by atoms with Gasteiger partial charge in [0.25, 0.3) is 0 Å². The minimum atomic E-state index is -0.00556. The molecule has 3 heteroatoms. The lowest BCUT2D eigenvalue weighted by Gasteiger charge is -2.17. The standard InChI is InChI=1S/C12H18N2O/c1-4-9-5-6-11(14(2)3)10(7-9)12(15)8-13/h5-7H,4,8,13H2,1-3H3. The van der Waals surface area contributed by atoms with Crippen LogP contribution in [-0.4, -0.2) is 26.4 Å². The summed E-state index contributed by atoms with van der Waals surface area (Å²) >= 11 is 0. The van der Waals surface area contributed by atoms with Crippen LogP contribution in [0.25, 0.3) is 0 Å². The molecular formula is C12H18N2O. The monoisotopic (exact) mass is 206 g/mol. The Bertz CT molecular complexity index is 359. The summed E-state index contributed by atoms with van der Waals surface area (Å²) in [4.78, 5) is 13.6. The van der Waals surface area contributed by atoms with Gasteiger partial charge in [-0.05, 0) is 24.1 Å². The molecule has 0 aromatic heterocycles. The van der Waals surface area contributed by atoms with Crippen molar-refractivity contribution >= 4 is 11.5 Å². The Morgan fingerprint density at radius 3 is 2.53 bits per heavy atom. The second kappa shape index (κ2) is 4.94. The number of nitrogens with zero attached hydrogens (tertiary/aromatic N) is 1. The molecule has 0 fully saturated rings. The Kier molecular flexibility index (Phi) is 3.86. The molecule has 0 radical (unpaired) electrons. The fourth-order valence-electron chi connectivity index (χ4n) is 1.53. The number of nitrogens with two attached hydrogens (primary N) is 1. The average Bonchev–Trinajstić information content (AvgIpc) is 2.26. The Labute approximate surface area is 90.9 Å². The first-order chi connectivity index (χ1) is 7.10. The molecule has 2 N–H and O–H groups in total. The van der Waals surface area contributed by atoms with Crippen molar-refractivity contribution in [3.05, 3.63) is 29.3 Å². The van der Waals surface area contributed by atoms with E-state index in [2.05, 4.69) is 6.92 Å². The van der Waals surface area contributed by atoms with Crippen molar-refractivity contribution in [2.45, 2.75) is 13.3 Å². The highest BCUT2D eigenvalue weighted by Crippen LogP contribution is 2.20. The molecule has 0 unspecified atom stereocenters. The molecule has 3 nitrogen and oxygen atoms in total. The lowest BCUT2D eigenvalue weighted by Crippen LogP contribution is -2.19. The van der Waals surface area contributed by atoms with E-state index in [1.807, 2.05) is 37.2 Å². The number of aryl methyl sites for hydroxylation is 1. The molecule has 1 rings (SSSR count). The number of ketones is 1. The first-order valence-electron chi connectivity index (χ1n) is 5.13. The van der Waals surface area contributed by atoms with Crippen molar-refractivity contribution < 1.29 is 4.79 Å². The zero-order valence-corrected chi connectivity index (χ0v) is 9.58. The largest absolute Gasteiger partial charge is 0.377 e. The SMILES string of the molecule is CCc1ccc(N(C)C)c(C(=O)CN)c1. The van der Waals surface area contributed by atoms with Crippen LogP contribution in [-0.2, 0) is 6.42 Å². The highest BCUT2D eigenvalue weighted by atomic mass is 16.1. The highest BCUT2D eigenvalue weighted by Gasteiger charge is 2.11. The number of carbonyl (C=O) groups is 1. The van der Waals surface area contributed by atoms with E-state index >= 15 is 0 Å². The van der Waals surface area contributed by atoms with Gasteiger partial charge in [0, 0.05) is 25.3 Å². The van der Waals surface area contributed by atoms with Crippen molar-refractivity contribution in [3.63, 3.8) is 0 Å². The molecule has 0 amide bonds. The van der Waals surface area contributed by atoms with Crippen molar-refractivity contribution in [3.8, 4) is 0 Å². The van der Waals surface area contributed by atoms with Crippen LogP contribution < -0.4 is 10.6 Å². The minimum absolute atomic E-state index is 0.00556. The van der Waals surface area contributed by atoms with Gasteiger partial charge < -0.3 is 10.6 Å². The smallest absolute Gasteiger partial charge is 0.178 e. The molecular weight excluding hydrogens is 188 g/mol. The summed E-state index contributed by atoms with van der Waals surface area (Å²) in [6.07, 6.45) is 0.929. The number of hydrogen-bond acceptors (Lipinski definition) is 3. The molecule has 0 aliphatic carbocycles. The van der Waals surface area contributed by atoms with Crippen LogP contribution >= 0.6 is 0 Å². The zero-order valence-electron chi connectivity index (χ0n) is 9.58. The zero-order chi connectivity index (χ0) is 11.4. The second-order valence-corrected chi connectivity index (χ2v) is 3.73. The van der Waals surface area contributed by atoms with Crippen molar-refractivity contribution in [1.82, 2.24) is 0 Å². The van der Waals surface area contributed by atoms with E-state index in [-0.39, 0.29) is 12.3 Å². The number of carbonyl (C=O) groups excluding carboxylic acids is 1. The first kappa shape index (κ1) is 11.7. The summed E-state index contributed by atoms with van der Waals surface area (Å²) in [6.45, 7) is 2.13. The maximum absolute atomic E-state index is 11.7. The highest BCUT2D eigenvalue weighted by molar-refractivity contribution is 6.02. The van der Waals surface area contributed by atoms with Crippen LogP contribution in [0.15, 0.2) is 18.2 Å². The van der Waals surface area contributed by atoms with Crippen molar-refractivity contribution in [2.24, 2.45) is 5.73 Å². The fraction of sp³-hybridized carbons (Fsp3) is 0.417. The van der Waals surface area contributed by atoms with Crippen LogP contribution in [0.1, 0.15) is 22.8 Å². The Morgan fingerprint density at radius 1 is 1.40 bits per heavy atom. The number of Topliss-reactive ketones (excluding diaryl/α,β-unsaturated/α-hetero) is 1. The van der Waals surface area contributed by atoms with Crippen LogP contribution in [0, 0.1) is 0 Å². The molecule has 1 aromatic rings. The maximum atomic E-state index is 11.7. The average molecular weight is 206 g/mol. The van der Waals surface area contributed by atoms with Gasteiger partial charge in [0.1, 0.15) is 0 Å². The molecule has 0 saturated heterocycles. The van der Waals surface area contributed by atoms with E-state index in [1.165, 1.54) is 0 Å². The summed E-state index contributed by atoms with van der Waals surface area (Å²) in [7, 11) is 3.85. The third kappa shape index (κ3) is 2.57. The molecule has 0 bridgehead atoms. The summed E-state index contributed by atoms with van der Waals surface area (Å²) in [5.41, 5.74) is 8.22. The molecule has 82 valence electrons. The third-order valence-electron chi connectivity index (χ3n) is 2.44. The number of benzene rings is 1. The molecule has 15 heavy (non-hydrogen) atoms. The molecule has 0 spiro atoms. The lowest BCUT2D eigenvalue weighted by molar-refractivity contribution is 0.100. The fourth-order valence-corrected chi connectivity index (χ4v) is 1.53. The molecule has 0 aliphatic heterocycles. The van der Waals surface area contributed by atoms with Gasteiger partial charge in [0.05, 0.1) is 6.54 Å². The van der Waals surface area contributed by atoms with Gasteiger partial charge in [-0.2, -0.15) is 0 Å². The summed E-state index contributed by atoms with van der Waals surface area (Å²) in [6, 6.07) is 5.95. The van der Waals surface area contributed by atoms with Gasteiger partial charge >= 0.3 is 0 Å². The maximum Gasteiger partial charge on any atom is 0.178 e. The van der Waals surface area contributed by atoms with E-state index in [1.54, 1.807) is 0 Å². The molecule has 0 saturated carbocycles. The number of hydrogen-bond donors (Lipinski definition) is 1. The lowest BCUT2D eigenvalue weighted by atomic mass is 10.0. The summed E-state index contributed by atoms with van der Waals surface area (Å²) in [5.74, 6) is -0.00556. The van der Waals surface area contributed by atoms with E-state index < -0.39 is 0 Å². The van der Waals surface area contributed by atoms with Crippen LogP contribution in [0.2, 0.25) is 0 Å². The van der Waals surface area contributed by atoms with Gasteiger partial charge in [-0.3, -0.25) is 4.79 Å². The van der Waals surface area contributed by atoms with Crippen LogP contribution in [0.4, 0.5) is 5.69 Å². The molecule has 1 aromatic carbocycles. The van der Waals surface area contributed by atoms with Gasteiger partial charge in [-0.15, -0.1) is 0 Å². The first-order valence-corrected chi connectivity index (χ1v) is 5.13. The number of anilines is 1. The number of rotatable bonds is 4. The third-order valence-corrected chi connectivity index (χ3v) is 2.44. The molecule has 0 atom stereocenters. The predicted molar refractivity (Wildman–Crippen MR) is 63.5 cm³/mol. The molecule has 0 heterocycles. The Morgan fingerprint density at radius 2 is 2.07 bits per heavy atom. The van der Waals surface area contributed by atoms with Gasteiger partial charge in [-0.1, -0.05) is 13.0 Å². The minimum Gasteiger partial charge on any atom is -0.377 e. The van der Waals surface area contributed by atoms with E-state index in [9.17, 15) is 4.79 Å². The summed E-state index contributed by atoms with van der Waals surface area (Å²) < 4.78 is 0. The van der Waals surface area contributed by atoms with E-state index in [4.69, 9.17) is 5.73 Å². The summed E-state index contributed by atoms with van der Waals surface area (Å²) in [5, 5.41) is 0. The van der Waals surface area contributed by atoms with E-state index in [0.29, 0.717) is 0 Å². The van der Waals surface area contributed by atoms with Crippen LogP contribution in [0.5, 0.6) is 0 Å². The predicted octanol–water partition coefficient (Wildman–Crippen LogP) is 1.46. The Hall–Kier alpha value is -1.35. The van der Waals surface area contributed by atoms with Gasteiger partial charge in [0.15, 0.2) is 5.78 Å². The molecule has 0 aliphatic rings. The van der Waals surface area contributed by atoms with Crippen molar-refractivity contribution in [1.29, 1.82) is 0 Å². The normalized spacial score (nSPS) is 10.1.